The lowest BCUT2D eigenvalue weighted by molar-refractivity contribution is 0.278. The van der Waals surface area contributed by atoms with Gasteiger partial charge in [-0.15, -0.1) is 0 Å². The van der Waals surface area contributed by atoms with Gasteiger partial charge >= 0.3 is 0 Å². The maximum atomic E-state index is 13.3. The van der Waals surface area contributed by atoms with Crippen molar-refractivity contribution in [3.63, 3.8) is 0 Å². The minimum absolute atomic E-state index is 0.230. The van der Waals surface area contributed by atoms with Crippen molar-refractivity contribution in [2.75, 3.05) is 0 Å². The summed E-state index contributed by atoms with van der Waals surface area (Å²) in [6.07, 6.45) is 5.87. The van der Waals surface area contributed by atoms with Gasteiger partial charge in [0.25, 0.3) is 0 Å². The molecule has 3 nitrogen and oxygen atoms in total. The number of nitrogens with zero attached hydrogens (tertiary/aromatic N) is 1. The summed E-state index contributed by atoms with van der Waals surface area (Å²) in [4.78, 5) is 4.29. The van der Waals surface area contributed by atoms with Crippen LogP contribution < -0.4 is 5.73 Å². The molecule has 5 heteroatoms. The molecule has 1 aliphatic carbocycles. The van der Waals surface area contributed by atoms with E-state index in [-0.39, 0.29) is 11.1 Å². The van der Waals surface area contributed by atoms with Crippen LogP contribution in [0.3, 0.4) is 0 Å². The van der Waals surface area contributed by atoms with Gasteiger partial charge < -0.3 is 10.2 Å². The van der Waals surface area contributed by atoms with Crippen molar-refractivity contribution in [1.82, 2.24) is 4.98 Å². The van der Waals surface area contributed by atoms with Gasteiger partial charge in [0, 0.05) is 6.07 Å². The van der Waals surface area contributed by atoms with Crippen LogP contribution in [0, 0.1) is 11.7 Å². The molecule has 19 heavy (non-hydrogen) atoms. The number of hydrogen-bond donors (Lipinski definition) is 1. The smallest absolute Gasteiger partial charge is 0.212 e. The van der Waals surface area contributed by atoms with Crippen molar-refractivity contribution >= 4 is 22.7 Å². The summed E-state index contributed by atoms with van der Waals surface area (Å²) in [5.74, 6) is 0.448. The second-order valence-electron chi connectivity index (χ2n) is 5.21. The van der Waals surface area contributed by atoms with Crippen molar-refractivity contribution < 1.29 is 8.81 Å². The molecule has 1 aromatic heterocycles. The number of nitrogens with two attached hydrogens (primary N) is 1. The predicted octanol–water partition coefficient (Wildman–Crippen LogP) is 4.20. The number of benzene rings is 1. The molecule has 3 rings (SSSR count). The fourth-order valence-electron chi connectivity index (χ4n) is 2.81. The zero-order valence-electron chi connectivity index (χ0n) is 10.5. The van der Waals surface area contributed by atoms with Gasteiger partial charge in [0.2, 0.25) is 5.89 Å². The molecule has 1 unspecified atom stereocenters. The lowest BCUT2D eigenvalue weighted by Crippen LogP contribution is -2.23. The molecule has 1 heterocycles. The minimum atomic E-state index is -0.413. The average Bonchev–Trinajstić information content (AvgIpc) is 2.83. The van der Waals surface area contributed by atoms with E-state index in [0.717, 1.165) is 12.8 Å². The van der Waals surface area contributed by atoms with E-state index in [0.29, 0.717) is 22.9 Å². The highest BCUT2D eigenvalue weighted by Gasteiger charge is 2.26. The van der Waals surface area contributed by atoms with Crippen LogP contribution in [0.5, 0.6) is 0 Å². The molecule has 1 aromatic carbocycles. The van der Waals surface area contributed by atoms with Crippen LogP contribution in [-0.2, 0) is 0 Å². The molecular weight excluding hydrogens is 267 g/mol. The third-order valence-electron chi connectivity index (χ3n) is 3.87. The van der Waals surface area contributed by atoms with Crippen LogP contribution in [0.4, 0.5) is 4.39 Å². The average molecular weight is 283 g/mol. The Morgan fingerprint density at radius 2 is 2.05 bits per heavy atom. The molecular formula is C14H16ClFN2O. The fourth-order valence-corrected chi connectivity index (χ4v) is 3.05. The van der Waals surface area contributed by atoms with Crippen LogP contribution in [-0.4, -0.2) is 4.98 Å². The largest absolute Gasteiger partial charge is 0.437 e. The van der Waals surface area contributed by atoms with Crippen LogP contribution >= 0.6 is 11.6 Å². The van der Waals surface area contributed by atoms with Gasteiger partial charge in [0.1, 0.15) is 11.3 Å². The van der Waals surface area contributed by atoms with Gasteiger partial charge in [-0.2, -0.15) is 0 Å². The molecule has 2 N–H and O–H groups in total. The molecule has 1 aliphatic rings. The van der Waals surface area contributed by atoms with Gasteiger partial charge in [-0.1, -0.05) is 30.9 Å². The van der Waals surface area contributed by atoms with Gasteiger partial charge in [-0.25, -0.2) is 9.37 Å². The third-order valence-corrected chi connectivity index (χ3v) is 4.15. The topological polar surface area (TPSA) is 52.0 Å². The molecule has 0 saturated heterocycles. The van der Waals surface area contributed by atoms with Crippen molar-refractivity contribution in [3.05, 3.63) is 28.9 Å². The SMILES string of the molecule is NC(c1nc2cc(F)cc(Cl)c2o1)C1CCCCC1. The summed E-state index contributed by atoms with van der Waals surface area (Å²) in [6.45, 7) is 0. The first-order valence-corrected chi connectivity index (χ1v) is 7.04. The van der Waals surface area contributed by atoms with E-state index in [1.54, 1.807) is 0 Å². The number of oxazole rings is 1. The van der Waals surface area contributed by atoms with E-state index < -0.39 is 5.82 Å². The van der Waals surface area contributed by atoms with Crippen molar-refractivity contribution in [2.24, 2.45) is 11.7 Å². The quantitative estimate of drug-likeness (QED) is 0.898. The second-order valence-corrected chi connectivity index (χ2v) is 5.62. The van der Waals surface area contributed by atoms with Gasteiger partial charge in [-0.3, -0.25) is 0 Å². The van der Waals surface area contributed by atoms with Crippen molar-refractivity contribution in [1.29, 1.82) is 0 Å². The molecule has 1 saturated carbocycles. The zero-order valence-corrected chi connectivity index (χ0v) is 11.3. The zero-order chi connectivity index (χ0) is 13.4. The number of aromatic nitrogens is 1. The van der Waals surface area contributed by atoms with E-state index in [9.17, 15) is 4.39 Å². The Kier molecular flexibility index (Phi) is 3.46. The first-order chi connectivity index (χ1) is 9.15. The van der Waals surface area contributed by atoms with E-state index in [1.165, 1.54) is 31.4 Å². The first-order valence-electron chi connectivity index (χ1n) is 6.66. The highest BCUT2D eigenvalue weighted by atomic mass is 35.5. The van der Waals surface area contributed by atoms with Crippen LogP contribution in [0.25, 0.3) is 11.1 Å². The first kappa shape index (κ1) is 12.9. The fraction of sp³-hybridized carbons (Fsp3) is 0.500. The van der Waals surface area contributed by atoms with Crippen LogP contribution in [0.15, 0.2) is 16.5 Å². The monoisotopic (exact) mass is 282 g/mol. The normalized spacial score (nSPS) is 18.9. The summed E-state index contributed by atoms with van der Waals surface area (Å²) < 4.78 is 18.9. The van der Waals surface area contributed by atoms with E-state index in [1.807, 2.05) is 0 Å². The predicted molar refractivity (Wildman–Crippen MR) is 72.5 cm³/mol. The summed E-state index contributed by atoms with van der Waals surface area (Å²) in [6, 6.07) is 2.32. The highest BCUT2D eigenvalue weighted by molar-refractivity contribution is 6.34. The van der Waals surface area contributed by atoms with Gasteiger partial charge in [0.15, 0.2) is 5.58 Å². The second kappa shape index (κ2) is 5.10. The summed E-state index contributed by atoms with van der Waals surface area (Å²) in [5, 5.41) is 0.240. The van der Waals surface area contributed by atoms with E-state index in [4.69, 9.17) is 21.8 Å². The van der Waals surface area contributed by atoms with Crippen molar-refractivity contribution in [2.45, 2.75) is 38.1 Å². The van der Waals surface area contributed by atoms with Crippen LogP contribution in [0.2, 0.25) is 5.02 Å². The lowest BCUT2D eigenvalue weighted by Gasteiger charge is -2.25. The highest BCUT2D eigenvalue weighted by Crippen LogP contribution is 2.35. The molecule has 1 atom stereocenters. The standard InChI is InChI=1S/C14H16ClFN2O/c15-10-6-9(16)7-11-13(10)19-14(18-11)12(17)8-4-2-1-3-5-8/h6-8,12H,1-5,17H2. The molecule has 2 aromatic rings. The number of rotatable bonds is 2. The molecule has 0 bridgehead atoms. The summed E-state index contributed by atoms with van der Waals surface area (Å²) >= 11 is 5.95. The van der Waals surface area contributed by atoms with E-state index >= 15 is 0 Å². The Morgan fingerprint density at radius 3 is 2.79 bits per heavy atom. The molecule has 0 spiro atoms. The number of fused-ring (bicyclic) bond motifs is 1. The Bertz CT molecular complexity index is 592. The molecule has 102 valence electrons. The Balaban J connectivity index is 1.94. The molecule has 0 aliphatic heterocycles. The van der Waals surface area contributed by atoms with Gasteiger partial charge in [-0.05, 0) is 24.8 Å². The van der Waals surface area contributed by atoms with Gasteiger partial charge in [0.05, 0.1) is 11.1 Å². The third kappa shape index (κ3) is 2.47. The van der Waals surface area contributed by atoms with E-state index in [2.05, 4.69) is 4.98 Å². The maximum absolute atomic E-state index is 13.3. The summed E-state index contributed by atoms with van der Waals surface area (Å²) in [7, 11) is 0. The number of halogens is 2. The lowest BCUT2D eigenvalue weighted by atomic mass is 9.84. The molecule has 0 radical (unpaired) electrons. The maximum Gasteiger partial charge on any atom is 0.212 e. The Labute approximate surface area is 115 Å². The molecule has 1 fully saturated rings. The summed E-state index contributed by atoms with van der Waals surface area (Å²) in [5.41, 5.74) is 7.09. The minimum Gasteiger partial charge on any atom is -0.437 e. The van der Waals surface area contributed by atoms with Crippen LogP contribution in [0.1, 0.15) is 44.0 Å². The molecule has 0 amide bonds. The number of hydrogen-bond acceptors (Lipinski definition) is 3. The Hall–Kier alpha value is -1.13. The van der Waals surface area contributed by atoms with Crippen molar-refractivity contribution in [3.8, 4) is 0 Å². The Morgan fingerprint density at radius 1 is 1.32 bits per heavy atom.